The molecule has 0 unspecified atom stereocenters. The van der Waals surface area contributed by atoms with Crippen LogP contribution in [0.15, 0.2) is 40.8 Å². The van der Waals surface area contributed by atoms with Gasteiger partial charge in [0.05, 0.1) is 26.6 Å². The van der Waals surface area contributed by atoms with Crippen LogP contribution >= 0.6 is 0 Å². The highest BCUT2D eigenvalue weighted by molar-refractivity contribution is 5.88. The van der Waals surface area contributed by atoms with Crippen LogP contribution in [0, 0.1) is 23.7 Å². The average molecular weight is 693 g/mol. The number of fused-ring (bicyclic) bond motifs is 4. The van der Waals surface area contributed by atoms with Crippen LogP contribution in [0.5, 0.6) is 17.2 Å². The molecule has 6 heterocycles. The van der Waals surface area contributed by atoms with Crippen molar-refractivity contribution in [3.8, 4) is 28.6 Å². The molecule has 6 aliphatic rings. The van der Waals surface area contributed by atoms with E-state index in [4.69, 9.17) is 47.4 Å². The van der Waals surface area contributed by atoms with Crippen LogP contribution in [-0.2, 0) is 44.7 Å². The molecule has 2 aromatic carbocycles. The number of ether oxygens (including phenoxy) is 7. The average Bonchev–Trinajstić information content (AvgIpc) is 3.70. The Morgan fingerprint density at radius 3 is 2.64 bits per heavy atom. The number of rotatable bonds is 10. The maximum absolute atomic E-state index is 12.9. The summed E-state index contributed by atoms with van der Waals surface area (Å²) in [6.45, 7) is 6.56. The SMILES string of the molecule is COc1cc(CCCOC(=O)CCC(=O)O[C@@H]2O[C@@H]3O[C@@]4(C)CC[C@H]5[C@H](C)CC[C@@H]([C@H]2C)[C@@]35OO4)cc2cc(-c3ccc4c(c3)OCO4)oc12. The smallest absolute Gasteiger partial charge is 0.308 e. The summed E-state index contributed by atoms with van der Waals surface area (Å²) in [7, 11) is 1.61. The summed E-state index contributed by atoms with van der Waals surface area (Å²) < 4.78 is 46.7. The molecule has 1 aromatic heterocycles. The largest absolute Gasteiger partial charge is 0.493 e. The van der Waals surface area contributed by atoms with E-state index in [1.54, 1.807) is 7.11 Å². The lowest BCUT2D eigenvalue weighted by Crippen LogP contribution is -2.70. The number of carbonyl (C=O) groups is 2. The molecule has 1 spiro atoms. The predicted octanol–water partition coefficient (Wildman–Crippen LogP) is 6.84. The minimum Gasteiger partial charge on any atom is -0.493 e. The molecule has 8 atom stereocenters. The number of aryl methyl sites for hydroxylation is 1. The van der Waals surface area contributed by atoms with Crippen molar-refractivity contribution in [3.05, 3.63) is 42.0 Å². The molecule has 50 heavy (non-hydrogen) atoms. The minimum atomic E-state index is -0.910. The summed E-state index contributed by atoms with van der Waals surface area (Å²) in [6.07, 6.45) is 3.12. The van der Waals surface area contributed by atoms with Gasteiger partial charge in [-0.05, 0) is 92.8 Å². The van der Waals surface area contributed by atoms with E-state index >= 15 is 0 Å². The second kappa shape index (κ2) is 13.0. The highest BCUT2D eigenvalue weighted by Gasteiger charge is 2.69. The number of hydrogen-bond acceptors (Lipinski definition) is 12. The molecule has 9 rings (SSSR count). The highest BCUT2D eigenvalue weighted by atomic mass is 17.3. The van der Waals surface area contributed by atoms with Gasteiger partial charge in [-0.15, -0.1) is 0 Å². The third-order valence-electron chi connectivity index (χ3n) is 11.3. The molecule has 0 radical (unpaired) electrons. The monoisotopic (exact) mass is 692 g/mol. The van der Waals surface area contributed by atoms with Gasteiger partial charge in [-0.25, -0.2) is 9.78 Å². The van der Waals surface area contributed by atoms with Gasteiger partial charge in [0.1, 0.15) is 5.76 Å². The molecule has 1 saturated carbocycles. The van der Waals surface area contributed by atoms with Gasteiger partial charge in [0, 0.05) is 29.2 Å². The Kier molecular flexibility index (Phi) is 8.69. The van der Waals surface area contributed by atoms with E-state index in [9.17, 15) is 9.59 Å². The molecule has 5 aliphatic heterocycles. The molecule has 0 amide bonds. The zero-order chi connectivity index (χ0) is 34.6. The van der Waals surface area contributed by atoms with Gasteiger partial charge in [-0.1, -0.05) is 13.8 Å². The topological polar surface area (TPSA) is 130 Å². The third-order valence-corrected chi connectivity index (χ3v) is 11.3. The maximum Gasteiger partial charge on any atom is 0.308 e. The van der Waals surface area contributed by atoms with Crippen LogP contribution in [0.2, 0.25) is 0 Å². The number of carbonyl (C=O) groups excluding carboxylic acids is 2. The van der Waals surface area contributed by atoms with E-state index < -0.39 is 35.9 Å². The Morgan fingerprint density at radius 2 is 1.78 bits per heavy atom. The Morgan fingerprint density at radius 1 is 0.940 bits per heavy atom. The summed E-state index contributed by atoms with van der Waals surface area (Å²) in [5.41, 5.74) is 1.81. The maximum atomic E-state index is 12.9. The summed E-state index contributed by atoms with van der Waals surface area (Å²) >= 11 is 0. The fourth-order valence-corrected chi connectivity index (χ4v) is 8.60. The minimum absolute atomic E-state index is 0.0409. The van der Waals surface area contributed by atoms with Crippen molar-refractivity contribution in [3.63, 3.8) is 0 Å². The number of esters is 2. The van der Waals surface area contributed by atoms with Gasteiger partial charge in [0.15, 0.2) is 34.7 Å². The molecular weight excluding hydrogens is 648 g/mol. The first-order chi connectivity index (χ1) is 24.2. The summed E-state index contributed by atoms with van der Waals surface area (Å²) in [5, 5.41) is 0.903. The van der Waals surface area contributed by atoms with Gasteiger partial charge in [-0.3, -0.25) is 9.59 Å². The van der Waals surface area contributed by atoms with Crippen LogP contribution in [0.3, 0.4) is 0 Å². The van der Waals surface area contributed by atoms with E-state index in [1.807, 2.05) is 50.2 Å². The van der Waals surface area contributed by atoms with Crippen molar-refractivity contribution in [1.29, 1.82) is 0 Å². The van der Waals surface area contributed by atoms with Gasteiger partial charge in [-0.2, -0.15) is 0 Å². The second-order valence-electron chi connectivity index (χ2n) is 14.5. The number of benzene rings is 2. The van der Waals surface area contributed by atoms with Crippen LogP contribution in [-0.4, -0.2) is 56.4 Å². The molecule has 2 bridgehead atoms. The van der Waals surface area contributed by atoms with Gasteiger partial charge in [0.2, 0.25) is 18.9 Å². The molecule has 12 nitrogen and oxygen atoms in total. The first kappa shape index (κ1) is 33.3. The summed E-state index contributed by atoms with van der Waals surface area (Å²) in [4.78, 5) is 37.5. The van der Waals surface area contributed by atoms with Crippen LogP contribution < -0.4 is 14.2 Å². The molecule has 4 saturated heterocycles. The van der Waals surface area contributed by atoms with Crippen molar-refractivity contribution in [2.24, 2.45) is 23.7 Å². The van der Waals surface area contributed by atoms with E-state index in [0.29, 0.717) is 53.8 Å². The van der Waals surface area contributed by atoms with Gasteiger partial charge >= 0.3 is 11.9 Å². The number of furan rings is 1. The van der Waals surface area contributed by atoms with Crippen molar-refractivity contribution in [2.45, 2.75) is 96.1 Å². The zero-order valence-electron chi connectivity index (χ0n) is 28.9. The molecule has 0 N–H and O–H groups in total. The Bertz CT molecular complexity index is 1770. The Balaban J connectivity index is 0.821. The van der Waals surface area contributed by atoms with Crippen molar-refractivity contribution in [1.82, 2.24) is 0 Å². The molecule has 12 heteroatoms. The number of hydrogen-bond donors (Lipinski definition) is 0. The fraction of sp³-hybridized carbons (Fsp3) is 0.579. The number of methoxy groups -OCH3 is 1. The van der Waals surface area contributed by atoms with Crippen molar-refractivity contribution >= 4 is 22.9 Å². The first-order valence-corrected chi connectivity index (χ1v) is 17.7. The lowest BCUT2D eigenvalue weighted by Gasteiger charge is -2.59. The molecule has 1 aliphatic carbocycles. The molecule has 5 fully saturated rings. The van der Waals surface area contributed by atoms with Gasteiger partial charge < -0.3 is 37.6 Å². The van der Waals surface area contributed by atoms with E-state index in [1.165, 1.54) is 0 Å². The fourth-order valence-electron chi connectivity index (χ4n) is 8.60. The quantitative estimate of drug-likeness (QED) is 0.125. The second-order valence-corrected chi connectivity index (χ2v) is 14.5. The predicted molar refractivity (Wildman–Crippen MR) is 176 cm³/mol. The van der Waals surface area contributed by atoms with E-state index in [2.05, 4.69) is 6.92 Å². The first-order valence-electron chi connectivity index (χ1n) is 17.7. The molecule has 3 aromatic rings. The zero-order valence-corrected chi connectivity index (χ0v) is 28.9. The Labute approximate surface area is 290 Å². The summed E-state index contributed by atoms with van der Waals surface area (Å²) in [5.74, 6) is 1.38. The molecular formula is C38H44O12. The third kappa shape index (κ3) is 5.89. The van der Waals surface area contributed by atoms with Crippen LogP contribution in [0.25, 0.3) is 22.3 Å². The van der Waals surface area contributed by atoms with Crippen molar-refractivity contribution in [2.75, 3.05) is 20.5 Å². The van der Waals surface area contributed by atoms with Gasteiger partial charge in [0.25, 0.3) is 0 Å². The molecule has 268 valence electrons. The standard InChI is InChI=1S/C38H44O12/c1-21-7-9-27-22(2)35(47-36-38(27)26(21)13-14-37(3,48-36)49-50-38)46-33(40)12-11-32(39)42-15-5-6-23-16-25-19-29(45-34(25)31(17-23)41-4)24-8-10-28-30(18-24)44-20-43-28/h8,10,16-19,21-22,26-27,35-36H,5-7,9,11-15,20H2,1-4H3/t21-,22-,26+,27+,35-,36-,37-,38-/m1/s1. The van der Waals surface area contributed by atoms with E-state index in [0.717, 1.165) is 35.8 Å². The normalized spacial score (nSPS) is 32.3. The van der Waals surface area contributed by atoms with E-state index in [-0.39, 0.29) is 44.0 Å². The lowest BCUT2D eigenvalue weighted by molar-refractivity contribution is -0.576. The van der Waals surface area contributed by atoms with Crippen molar-refractivity contribution < 1.29 is 56.9 Å². The van der Waals surface area contributed by atoms with Crippen LogP contribution in [0.1, 0.15) is 71.3 Å². The Hall–Kier alpha value is -3.84. The summed E-state index contributed by atoms with van der Waals surface area (Å²) in [6, 6.07) is 11.6. The lowest BCUT2D eigenvalue weighted by atomic mass is 9.58. The highest BCUT2D eigenvalue weighted by Crippen LogP contribution is 2.60. The van der Waals surface area contributed by atoms with Crippen LogP contribution in [0.4, 0.5) is 0 Å².